The van der Waals surface area contributed by atoms with Gasteiger partial charge in [-0.1, -0.05) is 72.8 Å². The number of amides is 1. The summed E-state index contributed by atoms with van der Waals surface area (Å²) in [7, 11) is 0. The summed E-state index contributed by atoms with van der Waals surface area (Å²) in [6, 6.07) is 24.6. The van der Waals surface area contributed by atoms with Gasteiger partial charge in [0.05, 0.1) is 6.42 Å². The highest BCUT2D eigenvalue weighted by Crippen LogP contribution is 2.23. The number of rotatable bonds is 4. The van der Waals surface area contributed by atoms with Crippen molar-refractivity contribution in [1.82, 2.24) is 4.90 Å². The number of benzene rings is 3. The molecule has 3 aromatic rings. The predicted octanol–water partition coefficient (Wildman–Crippen LogP) is 5.21. The minimum absolute atomic E-state index is 0.160. The smallest absolute Gasteiger partial charge is 0.227 e. The topological polar surface area (TPSA) is 20.3 Å². The van der Waals surface area contributed by atoms with Gasteiger partial charge < -0.3 is 4.90 Å². The third-order valence-corrected chi connectivity index (χ3v) is 4.52. The Bertz CT molecular complexity index is 857. The van der Waals surface area contributed by atoms with Gasteiger partial charge in [0.2, 0.25) is 5.91 Å². The highest BCUT2D eigenvalue weighted by molar-refractivity contribution is 5.90. The Morgan fingerprint density at radius 1 is 0.840 bits per heavy atom. The molecule has 0 aliphatic heterocycles. The molecule has 0 heterocycles. The van der Waals surface area contributed by atoms with Crippen molar-refractivity contribution in [3.05, 3.63) is 83.9 Å². The Balaban J connectivity index is 1.87. The van der Waals surface area contributed by atoms with Gasteiger partial charge in [0.25, 0.3) is 0 Å². The number of nitrogens with zero attached hydrogens (tertiary/aromatic N) is 1. The van der Waals surface area contributed by atoms with Crippen LogP contribution in [-0.2, 0) is 17.8 Å². The minimum Gasteiger partial charge on any atom is -0.333 e. The molecule has 0 unspecified atom stereocenters. The van der Waals surface area contributed by atoms with Gasteiger partial charge in [-0.15, -0.1) is 0 Å². The van der Waals surface area contributed by atoms with Crippen LogP contribution in [0.2, 0.25) is 0 Å². The van der Waals surface area contributed by atoms with E-state index in [1.807, 2.05) is 41.3 Å². The van der Waals surface area contributed by atoms with E-state index in [1.165, 1.54) is 5.39 Å². The van der Waals surface area contributed by atoms with Crippen LogP contribution in [0.1, 0.15) is 31.9 Å². The Morgan fingerprint density at radius 3 is 2.20 bits per heavy atom. The molecule has 2 nitrogen and oxygen atoms in total. The van der Waals surface area contributed by atoms with E-state index in [9.17, 15) is 4.79 Å². The summed E-state index contributed by atoms with van der Waals surface area (Å²) in [4.78, 5) is 15.1. The highest BCUT2D eigenvalue weighted by atomic mass is 16.2. The second-order valence-electron chi connectivity index (χ2n) is 7.45. The Hall–Kier alpha value is -2.61. The average Bonchev–Trinajstić information content (AvgIpc) is 2.60. The maximum Gasteiger partial charge on any atom is 0.227 e. The molecular weight excluding hydrogens is 306 g/mol. The number of carbonyl (C=O) groups is 1. The number of carbonyl (C=O) groups excluding carboxylic acids is 1. The molecule has 0 bridgehead atoms. The molecule has 1 amide bonds. The molecule has 2 heteroatoms. The van der Waals surface area contributed by atoms with E-state index in [0.29, 0.717) is 13.0 Å². The SMILES string of the molecule is CC(C)(C)N(Cc1ccccc1)C(=O)Cc1cccc2ccccc12. The van der Waals surface area contributed by atoms with E-state index in [2.05, 4.69) is 57.2 Å². The fourth-order valence-corrected chi connectivity index (χ4v) is 3.17. The monoisotopic (exact) mass is 331 g/mol. The Kier molecular flexibility index (Phi) is 4.89. The number of hydrogen-bond acceptors (Lipinski definition) is 1. The zero-order valence-corrected chi connectivity index (χ0v) is 15.2. The third-order valence-electron chi connectivity index (χ3n) is 4.52. The molecule has 25 heavy (non-hydrogen) atoms. The Morgan fingerprint density at radius 2 is 1.48 bits per heavy atom. The van der Waals surface area contributed by atoms with Crippen molar-refractivity contribution in [2.24, 2.45) is 0 Å². The summed E-state index contributed by atoms with van der Waals surface area (Å²) < 4.78 is 0. The first kappa shape index (κ1) is 17.2. The van der Waals surface area contributed by atoms with Gasteiger partial charge in [-0.05, 0) is 42.7 Å². The molecule has 0 saturated carbocycles. The maximum atomic E-state index is 13.1. The van der Waals surface area contributed by atoms with Crippen LogP contribution >= 0.6 is 0 Å². The van der Waals surface area contributed by atoms with Crippen LogP contribution in [0.4, 0.5) is 0 Å². The lowest BCUT2D eigenvalue weighted by molar-refractivity contribution is -0.136. The van der Waals surface area contributed by atoms with E-state index in [-0.39, 0.29) is 11.4 Å². The van der Waals surface area contributed by atoms with E-state index in [0.717, 1.165) is 16.5 Å². The van der Waals surface area contributed by atoms with Crippen molar-refractivity contribution >= 4 is 16.7 Å². The minimum atomic E-state index is -0.225. The molecule has 0 N–H and O–H groups in total. The van der Waals surface area contributed by atoms with Crippen molar-refractivity contribution in [2.45, 2.75) is 39.3 Å². The molecule has 0 radical (unpaired) electrons. The first-order valence-corrected chi connectivity index (χ1v) is 8.76. The van der Waals surface area contributed by atoms with Crippen LogP contribution in [0.15, 0.2) is 72.8 Å². The standard InChI is InChI=1S/C23H25NO/c1-23(2,3)24(17-18-10-5-4-6-11-18)22(25)16-20-14-9-13-19-12-7-8-15-21(19)20/h4-15H,16-17H2,1-3H3. The van der Waals surface area contributed by atoms with E-state index < -0.39 is 0 Å². The van der Waals surface area contributed by atoms with Gasteiger partial charge in [-0.2, -0.15) is 0 Å². The zero-order valence-electron chi connectivity index (χ0n) is 15.2. The van der Waals surface area contributed by atoms with Gasteiger partial charge in [0.1, 0.15) is 0 Å². The summed E-state index contributed by atoms with van der Waals surface area (Å²) in [6.07, 6.45) is 0.422. The third kappa shape index (κ3) is 4.08. The maximum absolute atomic E-state index is 13.1. The van der Waals surface area contributed by atoms with Crippen molar-refractivity contribution in [2.75, 3.05) is 0 Å². The fraction of sp³-hybridized carbons (Fsp3) is 0.261. The van der Waals surface area contributed by atoms with Crippen molar-refractivity contribution in [1.29, 1.82) is 0 Å². The van der Waals surface area contributed by atoms with Crippen LogP contribution in [0, 0.1) is 0 Å². The Labute approximate surface area is 150 Å². The lowest BCUT2D eigenvalue weighted by atomic mass is 9.99. The van der Waals surface area contributed by atoms with Crippen molar-refractivity contribution < 1.29 is 4.79 Å². The van der Waals surface area contributed by atoms with Crippen LogP contribution in [0.3, 0.4) is 0 Å². The van der Waals surface area contributed by atoms with E-state index in [1.54, 1.807) is 0 Å². The quantitative estimate of drug-likeness (QED) is 0.642. The van der Waals surface area contributed by atoms with Crippen LogP contribution in [0.25, 0.3) is 10.8 Å². The number of fused-ring (bicyclic) bond motifs is 1. The number of hydrogen-bond donors (Lipinski definition) is 0. The lowest BCUT2D eigenvalue weighted by Crippen LogP contribution is -2.45. The molecule has 0 atom stereocenters. The molecule has 0 spiro atoms. The first-order valence-electron chi connectivity index (χ1n) is 8.76. The van der Waals surface area contributed by atoms with Gasteiger partial charge in [-0.3, -0.25) is 4.79 Å². The average molecular weight is 331 g/mol. The summed E-state index contributed by atoms with van der Waals surface area (Å²) in [5.74, 6) is 0.160. The fourth-order valence-electron chi connectivity index (χ4n) is 3.17. The molecule has 3 rings (SSSR count). The van der Waals surface area contributed by atoms with E-state index in [4.69, 9.17) is 0 Å². The second kappa shape index (κ2) is 7.10. The van der Waals surface area contributed by atoms with Gasteiger partial charge in [0, 0.05) is 12.1 Å². The molecular formula is C23H25NO. The molecule has 0 fully saturated rings. The second-order valence-corrected chi connectivity index (χ2v) is 7.45. The van der Waals surface area contributed by atoms with Crippen molar-refractivity contribution in [3.63, 3.8) is 0 Å². The van der Waals surface area contributed by atoms with Crippen molar-refractivity contribution in [3.8, 4) is 0 Å². The summed E-state index contributed by atoms with van der Waals surface area (Å²) >= 11 is 0. The van der Waals surface area contributed by atoms with E-state index >= 15 is 0 Å². The highest BCUT2D eigenvalue weighted by Gasteiger charge is 2.26. The van der Waals surface area contributed by atoms with Crippen LogP contribution in [0.5, 0.6) is 0 Å². The molecule has 0 aromatic heterocycles. The van der Waals surface area contributed by atoms with Gasteiger partial charge in [-0.25, -0.2) is 0 Å². The largest absolute Gasteiger partial charge is 0.333 e. The molecule has 0 aliphatic carbocycles. The first-order chi connectivity index (χ1) is 11.9. The molecule has 0 saturated heterocycles. The molecule has 128 valence electrons. The summed E-state index contributed by atoms with van der Waals surface area (Å²) in [5.41, 5.74) is 2.02. The zero-order chi connectivity index (χ0) is 17.9. The van der Waals surface area contributed by atoms with Crippen LogP contribution < -0.4 is 0 Å². The van der Waals surface area contributed by atoms with Gasteiger partial charge in [0.15, 0.2) is 0 Å². The van der Waals surface area contributed by atoms with Crippen LogP contribution in [-0.4, -0.2) is 16.3 Å². The lowest BCUT2D eigenvalue weighted by Gasteiger charge is -2.36. The normalized spacial score (nSPS) is 11.5. The molecule has 3 aromatic carbocycles. The molecule has 0 aliphatic rings. The van der Waals surface area contributed by atoms with Gasteiger partial charge >= 0.3 is 0 Å². The summed E-state index contributed by atoms with van der Waals surface area (Å²) in [6.45, 7) is 6.92. The summed E-state index contributed by atoms with van der Waals surface area (Å²) in [5, 5.41) is 2.34. The predicted molar refractivity (Wildman–Crippen MR) is 104 cm³/mol.